The van der Waals surface area contributed by atoms with Crippen LogP contribution in [0.1, 0.15) is 18.9 Å². The van der Waals surface area contributed by atoms with Crippen molar-refractivity contribution in [1.82, 2.24) is 0 Å². The van der Waals surface area contributed by atoms with Gasteiger partial charge in [-0.1, -0.05) is 18.2 Å². The van der Waals surface area contributed by atoms with E-state index in [4.69, 9.17) is 15.9 Å². The number of hydrogen-bond donors (Lipinski definition) is 2. The molecule has 1 aromatic carbocycles. The number of carbonyl (C=O) groups is 1. The van der Waals surface area contributed by atoms with Crippen molar-refractivity contribution in [2.45, 2.75) is 18.8 Å². The van der Waals surface area contributed by atoms with E-state index in [1.165, 1.54) is 0 Å². The van der Waals surface area contributed by atoms with Crippen LogP contribution in [-0.4, -0.2) is 18.2 Å². The first-order chi connectivity index (χ1) is 7.59. The maximum absolute atomic E-state index is 11.7. The maximum Gasteiger partial charge on any atom is 0.234 e. The molecular formula is C12H14N2O2. The zero-order valence-electron chi connectivity index (χ0n) is 9.12. The van der Waals surface area contributed by atoms with Gasteiger partial charge in [0, 0.05) is 17.7 Å². The van der Waals surface area contributed by atoms with Crippen molar-refractivity contribution < 1.29 is 9.53 Å². The molecule has 3 N–H and O–H groups in total. The Morgan fingerprint density at radius 1 is 1.50 bits per heavy atom. The normalized spacial score (nSPS) is 23.1. The molecule has 1 atom stereocenters. The summed E-state index contributed by atoms with van der Waals surface area (Å²) in [5.74, 6) is 0.176. The predicted molar refractivity (Wildman–Crippen MR) is 60.8 cm³/mol. The SMILES string of the molecule is CC(=N)C1(C(N)=O)CCOc2ccccc21. The fraction of sp³-hybridized carbons (Fsp3) is 0.333. The van der Waals surface area contributed by atoms with Crippen LogP contribution in [0, 0.1) is 5.41 Å². The van der Waals surface area contributed by atoms with Crippen molar-refractivity contribution in [1.29, 1.82) is 5.41 Å². The van der Waals surface area contributed by atoms with Gasteiger partial charge in [0.05, 0.1) is 6.61 Å². The summed E-state index contributed by atoms with van der Waals surface area (Å²) in [6.45, 7) is 2.03. The van der Waals surface area contributed by atoms with Gasteiger partial charge < -0.3 is 15.9 Å². The van der Waals surface area contributed by atoms with Crippen molar-refractivity contribution in [3.05, 3.63) is 29.8 Å². The lowest BCUT2D eigenvalue weighted by atomic mass is 9.72. The Morgan fingerprint density at radius 2 is 2.19 bits per heavy atom. The highest BCUT2D eigenvalue weighted by Gasteiger charge is 2.45. The number of fused-ring (bicyclic) bond motifs is 1. The number of carbonyl (C=O) groups excluding carboxylic acids is 1. The van der Waals surface area contributed by atoms with Crippen LogP contribution >= 0.6 is 0 Å². The molecule has 1 aliphatic rings. The second-order valence-corrected chi connectivity index (χ2v) is 3.99. The smallest absolute Gasteiger partial charge is 0.234 e. The summed E-state index contributed by atoms with van der Waals surface area (Å²) >= 11 is 0. The number of rotatable bonds is 2. The minimum absolute atomic E-state index is 0.274. The van der Waals surface area contributed by atoms with Crippen molar-refractivity contribution in [3.8, 4) is 5.75 Å². The Morgan fingerprint density at radius 3 is 2.81 bits per heavy atom. The molecule has 0 spiro atoms. The zero-order chi connectivity index (χ0) is 11.8. The number of primary amides is 1. The summed E-state index contributed by atoms with van der Waals surface area (Å²) in [4.78, 5) is 11.7. The molecule has 1 aromatic rings. The fourth-order valence-electron chi connectivity index (χ4n) is 2.22. The van der Waals surface area contributed by atoms with Crippen LogP contribution < -0.4 is 10.5 Å². The first kappa shape index (κ1) is 10.7. The first-order valence-corrected chi connectivity index (χ1v) is 5.17. The number of nitrogens with one attached hydrogen (secondary N) is 1. The summed E-state index contributed by atoms with van der Waals surface area (Å²) in [7, 11) is 0. The molecule has 1 unspecified atom stereocenters. The highest BCUT2D eigenvalue weighted by Crippen LogP contribution is 2.39. The molecule has 0 saturated carbocycles. The summed E-state index contributed by atoms with van der Waals surface area (Å²) in [6.07, 6.45) is 0.439. The van der Waals surface area contributed by atoms with E-state index in [1.54, 1.807) is 19.1 Å². The topological polar surface area (TPSA) is 76.2 Å². The molecule has 1 heterocycles. The Balaban J connectivity index is 2.66. The molecule has 0 radical (unpaired) electrons. The quantitative estimate of drug-likeness (QED) is 0.732. The van der Waals surface area contributed by atoms with Crippen LogP contribution in [-0.2, 0) is 10.2 Å². The maximum atomic E-state index is 11.7. The molecule has 1 aliphatic heterocycles. The van der Waals surface area contributed by atoms with Crippen LogP contribution in [0.3, 0.4) is 0 Å². The Labute approximate surface area is 93.9 Å². The van der Waals surface area contributed by atoms with Gasteiger partial charge in [-0.05, 0) is 13.0 Å². The molecule has 0 bridgehead atoms. The van der Waals surface area contributed by atoms with Gasteiger partial charge in [0.1, 0.15) is 11.2 Å². The molecule has 2 rings (SSSR count). The second-order valence-electron chi connectivity index (χ2n) is 3.99. The molecule has 4 heteroatoms. The lowest BCUT2D eigenvalue weighted by Crippen LogP contribution is -2.49. The van der Waals surface area contributed by atoms with Gasteiger partial charge in [0.15, 0.2) is 0 Å². The number of benzene rings is 1. The van der Waals surface area contributed by atoms with Gasteiger partial charge in [-0.15, -0.1) is 0 Å². The third-order valence-corrected chi connectivity index (χ3v) is 3.14. The van der Waals surface area contributed by atoms with Crippen molar-refractivity contribution >= 4 is 11.6 Å². The molecule has 0 fully saturated rings. The standard InChI is InChI=1S/C12H14N2O2/c1-8(13)12(11(14)15)6-7-16-10-5-3-2-4-9(10)12/h2-5,13H,6-7H2,1H3,(H2,14,15). The van der Waals surface area contributed by atoms with E-state index in [0.717, 1.165) is 0 Å². The van der Waals surface area contributed by atoms with Gasteiger partial charge in [-0.3, -0.25) is 4.79 Å². The van der Waals surface area contributed by atoms with Crippen LogP contribution in [0.15, 0.2) is 24.3 Å². The van der Waals surface area contributed by atoms with Gasteiger partial charge in [0.2, 0.25) is 5.91 Å². The highest BCUT2D eigenvalue weighted by molar-refractivity contribution is 6.12. The molecular weight excluding hydrogens is 204 g/mol. The number of nitrogens with two attached hydrogens (primary N) is 1. The van der Waals surface area contributed by atoms with Gasteiger partial charge in [0.25, 0.3) is 0 Å². The molecule has 16 heavy (non-hydrogen) atoms. The lowest BCUT2D eigenvalue weighted by molar-refractivity contribution is -0.122. The fourth-order valence-corrected chi connectivity index (χ4v) is 2.22. The van der Waals surface area contributed by atoms with E-state index in [-0.39, 0.29) is 5.71 Å². The van der Waals surface area contributed by atoms with Gasteiger partial charge >= 0.3 is 0 Å². The zero-order valence-corrected chi connectivity index (χ0v) is 9.12. The first-order valence-electron chi connectivity index (χ1n) is 5.17. The highest BCUT2D eigenvalue weighted by atomic mass is 16.5. The molecule has 0 aromatic heterocycles. The molecule has 0 saturated heterocycles. The summed E-state index contributed by atoms with van der Waals surface area (Å²) in [6, 6.07) is 7.27. The van der Waals surface area contributed by atoms with Gasteiger partial charge in [-0.2, -0.15) is 0 Å². The molecule has 4 nitrogen and oxygen atoms in total. The second kappa shape index (κ2) is 3.63. The number of amides is 1. The van der Waals surface area contributed by atoms with Crippen LogP contribution in [0.2, 0.25) is 0 Å². The average Bonchev–Trinajstić information content (AvgIpc) is 2.27. The molecule has 84 valence electrons. The van der Waals surface area contributed by atoms with E-state index < -0.39 is 11.3 Å². The Bertz CT molecular complexity index is 440. The monoisotopic (exact) mass is 218 g/mol. The van der Waals surface area contributed by atoms with Crippen molar-refractivity contribution in [3.63, 3.8) is 0 Å². The van der Waals surface area contributed by atoms with Crippen LogP contribution in [0.25, 0.3) is 0 Å². The van der Waals surface area contributed by atoms with Crippen molar-refractivity contribution in [2.75, 3.05) is 6.61 Å². The molecule has 0 aliphatic carbocycles. The number of hydrogen-bond acceptors (Lipinski definition) is 3. The number of para-hydroxylation sites is 1. The predicted octanol–water partition coefficient (Wildman–Crippen LogP) is 1.23. The Hall–Kier alpha value is -1.84. The van der Waals surface area contributed by atoms with E-state index in [9.17, 15) is 4.79 Å². The van der Waals surface area contributed by atoms with E-state index >= 15 is 0 Å². The van der Waals surface area contributed by atoms with Crippen LogP contribution in [0.4, 0.5) is 0 Å². The third-order valence-electron chi connectivity index (χ3n) is 3.14. The van der Waals surface area contributed by atoms with Gasteiger partial charge in [-0.25, -0.2) is 0 Å². The minimum Gasteiger partial charge on any atom is -0.493 e. The van der Waals surface area contributed by atoms with Crippen molar-refractivity contribution in [2.24, 2.45) is 5.73 Å². The van der Waals surface area contributed by atoms with E-state index in [2.05, 4.69) is 0 Å². The third kappa shape index (κ3) is 1.30. The van der Waals surface area contributed by atoms with Crippen LogP contribution in [0.5, 0.6) is 5.75 Å². The average molecular weight is 218 g/mol. The summed E-state index contributed by atoms with van der Waals surface area (Å²) in [5.41, 5.74) is 5.47. The largest absolute Gasteiger partial charge is 0.493 e. The molecule has 1 amide bonds. The van der Waals surface area contributed by atoms with E-state index in [1.807, 2.05) is 12.1 Å². The summed E-state index contributed by atoms with van der Waals surface area (Å²) < 4.78 is 5.47. The Kier molecular flexibility index (Phi) is 2.42. The lowest BCUT2D eigenvalue weighted by Gasteiger charge is -2.35. The number of ether oxygens (including phenoxy) is 1. The summed E-state index contributed by atoms with van der Waals surface area (Å²) in [5, 5.41) is 7.84. The minimum atomic E-state index is -0.991. The van der Waals surface area contributed by atoms with E-state index in [0.29, 0.717) is 24.3 Å².